The summed E-state index contributed by atoms with van der Waals surface area (Å²) in [6, 6.07) is 4.00. The number of benzene rings is 1. The highest BCUT2D eigenvalue weighted by Crippen LogP contribution is 2.32. The third-order valence-corrected chi connectivity index (χ3v) is 2.65. The number of nitrogens with zero attached hydrogens (tertiary/aromatic N) is 2. The van der Waals surface area contributed by atoms with Gasteiger partial charge in [-0.25, -0.2) is 4.39 Å². The molecule has 0 aliphatic heterocycles. The Morgan fingerprint density at radius 1 is 1.21 bits per heavy atom. The molecule has 1 aromatic carbocycles. The molecule has 0 unspecified atom stereocenters. The van der Waals surface area contributed by atoms with Crippen molar-refractivity contribution in [2.45, 2.75) is 27.7 Å². The van der Waals surface area contributed by atoms with Crippen LogP contribution in [0, 0.1) is 27.8 Å². The van der Waals surface area contributed by atoms with Crippen LogP contribution in [0.25, 0.3) is 0 Å². The Bertz CT molecular complexity index is 437. The Hall–Kier alpha value is -1.65. The van der Waals surface area contributed by atoms with Crippen LogP contribution >= 0.6 is 0 Å². The van der Waals surface area contributed by atoms with Gasteiger partial charge in [-0.15, -0.1) is 0 Å². The molecule has 0 heterocycles. The van der Waals surface area contributed by atoms with Crippen LogP contribution in [0.4, 0.5) is 15.8 Å². The molecule has 0 amide bonds. The first kappa shape index (κ1) is 15.4. The Morgan fingerprint density at radius 2 is 1.74 bits per heavy atom. The van der Waals surface area contributed by atoms with Crippen LogP contribution in [0.2, 0.25) is 0 Å². The zero-order valence-corrected chi connectivity index (χ0v) is 11.9. The summed E-state index contributed by atoms with van der Waals surface area (Å²) in [4.78, 5) is 12.3. The first-order valence-corrected chi connectivity index (χ1v) is 6.50. The van der Waals surface area contributed by atoms with Gasteiger partial charge < -0.3 is 4.90 Å². The van der Waals surface area contributed by atoms with Crippen molar-refractivity contribution in [2.75, 3.05) is 18.0 Å². The lowest BCUT2D eigenvalue weighted by Gasteiger charge is -2.28. The lowest BCUT2D eigenvalue weighted by Crippen LogP contribution is -2.32. The molecular formula is C14H21FN2O2. The van der Waals surface area contributed by atoms with E-state index in [2.05, 4.69) is 0 Å². The molecule has 0 radical (unpaired) electrons. The van der Waals surface area contributed by atoms with E-state index in [4.69, 9.17) is 0 Å². The molecule has 0 aliphatic carbocycles. The van der Waals surface area contributed by atoms with Gasteiger partial charge in [0.05, 0.1) is 4.92 Å². The number of rotatable bonds is 6. The summed E-state index contributed by atoms with van der Waals surface area (Å²) >= 11 is 0. The second-order valence-electron chi connectivity index (χ2n) is 5.56. The topological polar surface area (TPSA) is 46.4 Å². The highest BCUT2D eigenvalue weighted by molar-refractivity contribution is 5.64. The summed E-state index contributed by atoms with van der Waals surface area (Å²) in [6.45, 7) is 9.25. The van der Waals surface area contributed by atoms with Gasteiger partial charge in [0, 0.05) is 19.2 Å². The fourth-order valence-corrected chi connectivity index (χ4v) is 2.10. The van der Waals surface area contributed by atoms with Crippen LogP contribution < -0.4 is 4.90 Å². The van der Waals surface area contributed by atoms with Crippen LogP contribution in [0.1, 0.15) is 27.7 Å². The van der Waals surface area contributed by atoms with E-state index in [1.54, 1.807) is 4.90 Å². The molecule has 0 spiro atoms. The fraction of sp³-hybridized carbons (Fsp3) is 0.571. The lowest BCUT2D eigenvalue weighted by molar-refractivity contribution is -0.384. The molecule has 0 atom stereocenters. The summed E-state index contributed by atoms with van der Waals surface area (Å²) in [5, 5.41) is 11.1. The smallest absolute Gasteiger partial charge is 0.295 e. The summed E-state index contributed by atoms with van der Waals surface area (Å²) in [7, 11) is 0. The molecule has 0 N–H and O–H groups in total. The van der Waals surface area contributed by atoms with E-state index in [1.807, 2.05) is 27.7 Å². The Morgan fingerprint density at radius 3 is 2.16 bits per heavy atom. The third kappa shape index (κ3) is 4.19. The molecule has 5 heteroatoms. The van der Waals surface area contributed by atoms with E-state index in [-0.39, 0.29) is 11.4 Å². The monoisotopic (exact) mass is 268 g/mol. The minimum Gasteiger partial charge on any atom is -0.363 e. The first-order valence-electron chi connectivity index (χ1n) is 6.50. The van der Waals surface area contributed by atoms with E-state index in [1.165, 1.54) is 18.2 Å². The number of hydrogen-bond donors (Lipinski definition) is 0. The number of nitro benzene ring substituents is 1. The van der Waals surface area contributed by atoms with Crippen molar-refractivity contribution in [1.29, 1.82) is 0 Å². The van der Waals surface area contributed by atoms with E-state index < -0.39 is 10.7 Å². The Labute approximate surface area is 113 Å². The van der Waals surface area contributed by atoms with Crippen LogP contribution in [-0.2, 0) is 0 Å². The quantitative estimate of drug-likeness (QED) is 0.581. The SMILES string of the molecule is CC(C)CN(CC(C)C)c1c(F)cccc1[N+](=O)[O-]. The van der Waals surface area contributed by atoms with Gasteiger partial charge in [-0.2, -0.15) is 0 Å². The van der Waals surface area contributed by atoms with Crippen molar-refractivity contribution >= 4 is 11.4 Å². The predicted octanol–water partition coefficient (Wildman–Crippen LogP) is 3.85. The maximum Gasteiger partial charge on any atom is 0.295 e. The van der Waals surface area contributed by atoms with E-state index in [0.29, 0.717) is 24.9 Å². The average Bonchev–Trinajstić information content (AvgIpc) is 2.26. The molecule has 0 aliphatic rings. The van der Waals surface area contributed by atoms with Gasteiger partial charge in [-0.1, -0.05) is 33.8 Å². The molecule has 0 fully saturated rings. The highest BCUT2D eigenvalue weighted by Gasteiger charge is 2.24. The van der Waals surface area contributed by atoms with Crippen LogP contribution in [0.15, 0.2) is 18.2 Å². The molecule has 0 saturated heterocycles. The standard InChI is InChI=1S/C14H21FN2O2/c1-10(2)8-16(9-11(3)4)14-12(15)6-5-7-13(14)17(18)19/h5-7,10-11H,8-9H2,1-4H3. The van der Waals surface area contributed by atoms with Gasteiger partial charge in [-0.05, 0) is 17.9 Å². The maximum atomic E-state index is 14.0. The molecule has 19 heavy (non-hydrogen) atoms. The van der Waals surface area contributed by atoms with E-state index in [0.717, 1.165) is 0 Å². The van der Waals surface area contributed by atoms with Crippen molar-refractivity contribution in [2.24, 2.45) is 11.8 Å². The predicted molar refractivity (Wildman–Crippen MR) is 74.9 cm³/mol. The molecule has 4 nitrogen and oxygen atoms in total. The second kappa shape index (κ2) is 6.50. The van der Waals surface area contributed by atoms with Crippen LogP contribution in [0.3, 0.4) is 0 Å². The fourth-order valence-electron chi connectivity index (χ4n) is 2.10. The molecule has 1 rings (SSSR count). The Kier molecular flexibility index (Phi) is 5.27. The summed E-state index contributed by atoms with van der Waals surface area (Å²) in [5.41, 5.74) is -0.0591. The van der Waals surface area contributed by atoms with Gasteiger partial charge >= 0.3 is 0 Å². The van der Waals surface area contributed by atoms with E-state index in [9.17, 15) is 14.5 Å². The third-order valence-electron chi connectivity index (χ3n) is 2.65. The minimum atomic E-state index is -0.532. The maximum absolute atomic E-state index is 14.0. The van der Waals surface area contributed by atoms with Crippen molar-refractivity contribution in [3.05, 3.63) is 34.1 Å². The number of halogens is 1. The zero-order chi connectivity index (χ0) is 14.6. The molecule has 0 bridgehead atoms. The zero-order valence-electron chi connectivity index (χ0n) is 11.9. The molecule has 106 valence electrons. The van der Waals surface area contributed by atoms with Crippen LogP contribution in [-0.4, -0.2) is 18.0 Å². The van der Waals surface area contributed by atoms with Crippen molar-refractivity contribution < 1.29 is 9.31 Å². The van der Waals surface area contributed by atoms with Crippen molar-refractivity contribution in [3.63, 3.8) is 0 Å². The summed E-state index contributed by atoms with van der Waals surface area (Å²) in [6.07, 6.45) is 0. The second-order valence-corrected chi connectivity index (χ2v) is 5.56. The summed E-state index contributed by atoms with van der Waals surface area (Å²) < 4.78 is 14.0. The summed E-state index contributed by atoms with van der Waals surface area (Å²) in [5.74, 6) is 0.0754. The van der Waals surface area contributed by atoms with Crippen molar-refractivity contribution in [3.8, 4) is 0 Å². The Balaban J connectivity index is 3.23. The van der Waals surface area contributed by atoms with Gasteiger partial charge in [0.2, 0.25) is 0 Å². The largest absolute Gasteiger partial charge is 0.363 e. The molecular weight excluding hydrogens is 247 g/mol. The molecule has 0 saturated carbocycles. The number of hydrogen-bond acceptors (Lipinski definition) is 3. The highest BCUT2D eigenvalue weighted by atomic mass is 19.1. The van der Waals surface area contributed by atoms with Gasteiger partial charge in [0.15, 0.2) is 11.5 Å². The van der Waals surface area contributed by atoms with Crippen LogP contribution in [0.5, 0.6) is 0 Å². The van der Waals surface area contributed by atoms with Gasteiger partial charge in [0.1, 0.15) is 0 Å². The normalized spacial score (nSPS) is 11.1. The number of anilines is 1. The molecule has 0 aromatic heterocycles. The first-order chi connectivity index (χ1) is 8.82. The number of nitro groups is 1. The lowest BCUT2D eigenvalue weighted by atomic mass is 10.1. The molecule has 1 aromatic rings. The van der Waals surface area contributed by atoms with E-state index >= 15 is 0 Å². The average molecular weight is 268 g/mol. The van der Waals surface area contributed by atoms with Crippen molar-refractivity contribution in [1.82, 2.24) is 0 Å². The minimum absolute atomic E-state index is 0.106. The van der Waals surface area contributed by atoms with Gasteiger partial charge in [0.25, 0.3) is 5.69 Å². The van der Waals surface area contributed by atoms with Gasteiger partial charge in [-0.3, -0.25) is 10.1 Å². The number of para-hydroxylation sites is 1.